The number of aryl methyl sites for hydroxylation is 1. The van der Waals surface area contributed by atoms with Crippen molar-refractivity contribution in [2.24, 2.45) is 5.92 Å². The van der Waals surface area contributed by atoms with Crippen molar-refractivity contribution in [3.8, 4) is 0 Å². The van der Waals surface area contributed by atoms with E-state index in [9.17, 15) is 14.0 Å². The molecule has 1 saturated heterocycles. The molecular formula is C18H25FN2O3. The van der Waals surface area contributed by atoms with Gasteiger partial charge in [-0.15, -0.1) is 0 Å². The van der Waals surface area contributed by atoms with Gasteiger partial charge in [0.1, 0.15) is 11.4 Å². The van der Waals surface area contributed by atoms with Crippen LogP contribution in [0.3, 0.4) is 0 Å². The highest BCUT2D eigenvalue weighted by atomic mass is 19.1. The van der Waals surface area contributed by atoms with Crippen LogP contribution in [0.25, 0.3) is 0 Å². The fourth-order valence-corrected chi connectivity index (χ4v) is 2.63. The van der Waals surface area contributed by atoms with Crippen LogP contribution >= 0.6 is 0 Å². The number of amides is 2. The third-order valence-corrected chi connectivity index (χ3v) is 3.93. The predicted octanol–water partition coefficient (Wildman–Crippen LogP) is 3.12. The first-order valence-electron chi connectivity index (χ1n) is 8.18. The summed E-state index contributed by atoms with van der Waals surface area (Å²) in [6, 6.07) is 4.54. The van der Waals surface area contributed by atoms with E-state index in [1.54, 1.807) is 24.0 Å². The normalized spacial score (nSPS) is 17.7. The van der Waals surface area contributed by atoms with Gasteiger partial charge in [-0.1, -0.05) is 6.07 Å². The Labute approximate surface area is 142 Å². The smallest absolute Gasteiger partial charge is 0.407 e. The largest absolute Gasteiger partial charge is 0.444 e. The Morgan fingerprint density at radius 3 is 2.71 bits per heavy atom. The molecule has 1 atom stereocenters. The summed E-state index contributed by atoms with van der Waals surface area (Å²) in [7, 11) is 0. The number of alkyl carbamates (subject to hydrolysis) is 1. The Bertz CT molecular complexity index is 625. The number of ether oxygens (including phenoxy) is 1. The standard InChI is InChI=1S/C18H25FN2O3/c1-12-5-6-14(9-15(12)19)16(22)21-8-7-13(11-21)10-20-17(23)24-18(2,3)4/h5-6,9,13H,7-8,10-11H2,1-4H3,(H,20,23)/t13-/m0/s1. The molecule has 1 aliphatic heterocycles. The van der Waals surface area contributed by atoms with Gasteiger partial charge in [-0.3, -0.25) is 4.79 Å². The van der Waals surface area contributed by atoms with Gasteiger partial charge in [-0.05, 0) is 57.7 Å². The molecule has 1 N–H and O–H groups in total. The van der Waals surface area contributed by atoms with Gasteiger partial charge in [0, 0.05) is 25.2 Å². The van der Waals surface area contributed by atoms with Crippen molar-refractivity contribution in [1.82, 2.24) is 10.2 Å². The molecule has 0 aromatic heterocycles. The fourth-order valence-electron chi connectivity index (χ4n) is 2.63. The van der Waals surface area contributed by atoms with E-state index in [2.05, 4.69) is 5.32 Å². The lowest BCUT2D eigenvalue weighted by Crippen LogP contribution is -2.36. The molecule has 2 rings (SSSR count). The second-order valence-electron chi connectivity index (χ2n) is 7.25. The van der Waals surface area contributed by atoms with E-state index in [1.807, 2.05) is 20.8 Å². The molecule has 2 amide bonds. The molecule has 1 aromatic rings. The highest BCUT2D eigenvalue weighted by Crippen LogP contribution is 2.19. The van der Waals surface area contributed by atoms with E-state index < -0.39 is 11.7 Å². The lowest BCUT2D eigenvalue weighted by atomic mass is 10.1. The Morgan fingerprint density at radius 2 is 2.08 bits per heavy atom. The lowest BCUT2D eigenvalue weighted by molar-refractivity contribution is 0.0520. The monoisotopic (exact) mass is 336 g/mol. The van der Waals surface area contributed by atoms with E-state index in [-0.39, 0.29) is 17.6 Å². The highest BCUT2D eigenvalue weighted by molar-refractivity contribution is 5.94. The number of hydrogen-bond donors (Lipinski definition) is 1. The molecule has 1 aliphatic rings. The maximum Gasteiger partial charge on any atom is 0.407 e. The summed E-state index contributed by atoms with van der Waals surface area (Å²) in [5, 5.41) is 2.74. The average Bonchev–Trinajstić information content (AvgIpc) is 2.94. The van der Waals surface area contributed by atoms with Crippen LogP contribution in [0.5, 0.6) is 0 Å². The van der Waals surface area contributed by atoms with Gasteiger partial charge in [-0.25, -0.2) is 9.18 Å². The molecule has 0 unspecified atom stereocenters. The summed E-state index contributed by atoms with van der Waals surface area (Å²) >= 11 is 0. The van der Waals surface area contributed by atoms with E-state index in [0.29, 0.717) is 30.8 Å². The number of hydrogen-bond acceptors (Lipinski definition) is 3. The first-order chi connectivity index (χ1) is 11.2. The summed E-state index contributed by atoms with van der Waals surface area (Å²) in [4.78, 5) is 25.8. The lowest BCUT2D eigenvalue weighted by Gasteiger charge is -2.21. The molecule has 1 heterocycles. The summed E-state index contributed by atoms with van der Waals surface area (Å²) in [5.41, 5.74) is 0.350. The molecule has 0 radical (unpaired) electrons. The van der Waals surface area contributed by atoms with Crippen LogP contribution in [0, 0.1) is 18.7 Å². The van der Waals surface area contributed by atoms with E-state index in [1.165, 1.54) is 6.07 Å². The van der Waals surface area contributed by atoms with Crippen LogP contribution in [0.1, 0.15) is 43.1 Å². The minimum atomic E-state index is -0.530. The van der Waals surface area contributed by atoms with Crippen molar-refractivity contribution >= 4 is 12.0 Å². The number of carbonyl (C=O) groups is 2. The van der Waals surface area contributed by atoms with Gasteiger partial charge in [0.2, 0.25) is 0 Å². The van der Waals surface area contributed by atoms with Gasteiger partial charge in [0.25, 0.3) is 5.91 Å². The zero-order valence-electron chi connectivity index (χ0n) is 14.7. The number of nitrogens with one attached hydrogen (secondary N) is 1. The van der Waals surface area contributed by atoms with Gasteiger partial charge in [0.05, 0.1) is 0 Å². The third kappa shape index (κ3) is 4.94. The molecular weight excluding hydrogens is 311 g/mol. The number of halogens is 1. The van der Waals surface area contributed by atoms with Crippen molar-refractivity contribution in [2.75, 3.05) is 19.6 Å². The topological polar surface area (TPSA) is 58.6 Å². The molecule has 0 aliphatic carbocycles. The van der Waals surface area contributed by atoms with E-state index in [4.69, 9.17) is 4.74 Å². The maximum absolute atomic E-state index is 13.6. The number of benzene rings is 1. The minimum Gasteiger partial charge on any atom is -0.444 e. The molecule has 1 fully saturated rings. The molecule has 0 spiro atoms. The Hall–Kier alpha value is -2.11. The molecule has 24 heavy (non-hydrogen) atoms. The number of nitrogens with zero attached hydrogens (tertiary/aromatic N) is 1. The SMILES string of the molecule is Cc1ccc(C(=O)N2CC[C@@H](CNC(=O)OC(C)(C)C)C2)cc1F. The van der Waals surface area contributed by atoms with Crippen molar-refractivity contribution in [3.63, 3.8) is 0 Å². The average molecular weight is 336 g/mol. The highest BCUT2D eigenvalue weighted by Gasteiger charge is 2.28. The summed E-state index contributed by atoms with van der Waals surface area (Å²) in [5.74, 6) is -0.367. The first kappa shape index (κ1) is 18.2. The van der Waals surface area contributed by atoms with Crippen LogP contribution in [0.2, 0.25) is 0 Å². The van der Waals surface area contributed by atoms with Gasteiger partial charge < -0.3 is 15.0 Å². The minimum absolute atomic E-state index is 0.173. The zero-order valence-corrected chi connectivity index (χ0v) is 14.7. The molecule has 6 heteroatoms. The van der Waals surface area contributed by atoms with Crippen LogP contribution < -0.4 is 5.32 Å². The molecule has 1 aromatic carbocycles. The van der Waals surface area contributed by atoms with E-state index >= 15 is 0 Å². The van der Waals surface area contributed by atoms with E-state index in [0.717, 1.165) is 6.42 Å². The van der Waals surface area contributed by atoms with Crippen LogP contribution in [-0.2, 0) is 4.74 Å². The molecule has 132 valence electrons. The van der Waals surface area contributed by atoms with Gasteiger partial charge >= 0.3 is 6.09 Å². The Balaban J connectivity index is 1.85. The third-order valence-electron chi connectivity index (χ3n) is 3.93. The van der Waals surface area contributed by atoms with Crippen LogP contribution in [0.4, 0.5) is 9.18 Å². The quantitative estimate of drug-likeness (QED) is 0.922. The molecule has 0 bridgehead atoms. The summed E-state index contributed by atoms with van der Waals surface area (Å²) in [6.45, 7) is 8.70. The van der Waals surface area contributed by atoms with Crippen molar-refractivity contribution in [2.45, 2.75) is 39.7 Å². The van der Waals surface area contributed by atoms with Crippen molar-refractivity contribution < 1.29 is 18.7 Å². The van der Waals surface area contributed by atoms with Crippen molar-refractivity contribution in [1.29, 1.82) is 0 Å². The predicted molar refractivity (Wildman–Crippen MR) is 89.4 cm³/mol. The molecule has 5 nitrogen and oxygen atoms in total. The summed E-state index contributed by atoms with van der Waals surface area (Å²) in [6.07, 6.45) is 0.350. The molecule has 0 saturated carbocycles. The fraction of sp³-hybridized carbons (Fsp3) is 0.556. The first-order valence-corrected chi connectivity index (χ1v) is 8.18. The second kappa shape index (κ2) is 7.20. The number of carbonyl (C=O) groups excluding carboxylic acids is 2. The maximum atomic E-state index is 13.6. The van der Waals surface area contributed by atoms with Gasteiger partial charge in [0.15, 0.2) is 0 Å². The van der Waals surface area contributed by atoms with Gasteiger partial charge in [-0.2, -0.15) is 0 Å². The van der Waals surface area contributed by atoms with Crippen LogP contribution in [0.15, 0.2) is 18.2 Å². The Morgan fingerprint density at radius 1 is 1.38 bits per heavy atom. The summed E-state index contributed by atoms with van der Waals surface area (Å²) < 4.78 is 18.8. The van der Waals surface area contributed by atoms with Crippen molar-refractivity contribution in [3.05, 3.63) is 35.1 Å². The number of likely N-dealkylation sites (tertiary alicyclic amines) is 1. The van der Waals surface area contributed by atoms with Crippen LogP contribution in [-0.4, -0.2) is 42.1 Å². The number of rotatable bonds is 3. The zero-order chi connectivity index (χ0) is 17.9. The Kier molecular flexibility index (Phi) is 5.47. The second-order valence-corrected chi connectivity index (χ2v) is 7.25.